The molecule has 1 heterocycles. The maximum atomic E-state index is 13.6. The second-order valence-corrected chi connectivity index (χ2v) is 10.0. The maximum Gasteiger partial charge on any atom is 0.259 e. The molecular weight excluding hydrogens is 460 g/mol. The average Bonchev–Trinajstić information content (AvgIpc) is 2.88. The van der Waals surface area contributed by atoms with Crippen molar-refractivity contribution in [3.8, 4) is 0 Å². The van der Waals surface area contributed by atoms with Gasteiger partial charge in [0.15, 0.2) is 0 Å². The summed E-state index contributed by atoms with van der Waals surface area (Å²) in [4.78, 5) is 29.6. The monoisotopic (exact) mass is 482 g/mol. The summed E-state index contributed by atoms with van der Waals surface area (Å²) in [5.74, 6) is -0.683. The fraction of sp³-hybridized carbons (Fsp3) is 0.200. The molecule has 0 spiro atoms. The van der Waals surface area contributed by atoms with E-state index in [2.05, 4.69) is 0 Å². The van der Waals surface area contributed by atoms with E-state index in [4.69, 9.17) is 11.6 Å². The normalized spacial score (nSPS) is 14.3. The molecule has 6 nitrogen and oxygen atoms in total. The van der Waals surface area contributed by atoms with Crippen molar-refractivity contribution >= 4 is 38.9 Å². The fourth-order valence-electron chi connectivity index (χ4n) is 4.01. The summed E-state index contributed by atoms with van der Waals surface area (Å²) < 4.78 is 27.1. The minimum absolute atomic E-state index is 0.0149. The minimum atomic E-state index is -3.99. The first-order valence-electron chi connectivity index (χ1n) is 10.6. The summed E-state index contributed by atoms with van der Waals surface area (Å²) >= 11 is 6.14. The van der Waals surface area contributed by atoms with Gasteiger partial charge >= 0.3 is 0 Å². The van der Waals surface area contributed by atoms with Crippen LogP contribution in [-0.2, 0) is 16.4 Å². The number of sulfone groups is 1. The number of nitrogens with zero attached hydrogens (tertiary/aromatic N) is 2. The molecule has 0 saturated carbocycles. The lowest BCUT2D eigenvalue weighted by molar-refractivity contribution is 0.0772. The van der Waals surface area contributed by atoms with Gasteiger partial charge in [0.05, 0.1) is 27.6 Å². The van der Waals surface area contributed by atoms with E-state index in [0.29, 0.717) is 23.7 Å². The molecule has 0 saturated heterocycles. The number of fused-ring (bicyclic) bond motifs is 2. The van der Waals surface area contributed by atoms with Crippen molar-refractivity contribution in [1.82, 2.24) is 4.90 Å². The highest BCUT2D eigenvalue weighted by molar-refractivity contribution is 7.91. The number of anilines is 1. The molecule has 3 aromatic carbocycles. The van der Waals surface area contributed by atoms with E-state index < -0.39 is 15.7 Å². The topological polar surface area (TPSA) is 74.8 Å². The summed E-state index contributed by atoms with van der Waals surface area (Å²) in [6, 6.07) is 17.6. The number of hydrogen-bond acceptors (Lipinski definition) is 4. The molecule has 0 atom stereocenters. The largest absolute Gasteiger partial charge is 0.339 e. The van der Waals surface area contributed by atoms with Crippen LogP contribution in [0.15, 0.2) is 76.5 Å². The molecule has 0 bridgehead atoms. The van der Waals surface area contributed by atoms with E-state index in [1.807, 2.05) is 19.9 Å². The lowest BCUT2D eigenvalue weighted by Crippen LogP contribution is -2.32. The number of benzene rings is 3. The zero-order valence-electron chi connectivity index (χ0n) is 18.3. The van der Waals surface area contributed by atoms with Crippen molar-refractivity contribution < 1.29 is 18.0 Å². The smallest absolute Gasteiger partial charge is 0.259 e. The van der Waals surface area contributed by atoms with E-state index in [1.54, 1.807) is 35.2 Å². The van der Waals surface area contributed by atoms with Gasteiger partial charge in [0.25, 0.3) is 11.8 Å². The van der Waals surface area contributed by atoms with Gasteiger partial charge < -0.3 is 9.80 Å². The second-order valence-electron chi connectivity index (χ2n) is 7.68. The van der Waals surface area contributed by atoms with Crippen molar-refractivity contribution in [3.05, 3.63) is 88.4 Å². The van der Waals surface area contributed by atoms with Crippen LogP contribution in [0.1, 0.15) is 40.1 Å². The zero-order valence-corrected chi connectivity index (χ0v) is 19.9. The Balaban J connectivity index is 1.95. The third-order valence-electron chi connectivity index (χ3n) is 5.72. The van der Waals surface area contributed by atoms with Crippen LogP contribution < -0.4 is 4.90 Å². The average molecular weight is 483 g/mol. The van der Waals surface area contributed by atoms with Gasteiger partial charge in [0.2, 0.25) is 9.84 Å². The highest BCUT2D eigenvalue weighted by Gasteiger charge is 2.36. The van der Waals surface area contributed by atoms with Crippen LogP contribution in [0.2, 0.25) is 5.02 Å². The van der Waals surface area contributed by atoms with Crippen molar-refractivity contribution in [2.75, 3.05) is 18.0 Å². The molecule has 2 amide bonds. The molecule has 8 heteroatoms. The molecule has 1 aliphatic heterocycles. The Morgan fingerprint density at radius 3 is 2.36 bits per heavy atom. The van der Waals surface area contributed by atoms with Crippen molar-refractivity contribution in [2.45, 2.75) is 30.2 Å². The summed E-state index contributed by atoms with van der Waals surface area (Å²) in [5.41, 5.74) is 1.32. The van der Waals surface area contributed by atoms with Crippen molar-refractivity contribution in [1.29, 1.82) is 0 Å². The molecule has 170 valence electrons. The van der Waals surface area contributed by atoms with Crippen LogP contribution >= 0.6 is 11.6 Å². The fourth-order valence-corrected chi connectivity index (χ4v) is 5.85. The second kappa shape index (κ2) is 9.00. The minimum Gasteiger partial charge on any atom is -0.339 e. The van der Waals surface area contributed by atoms with Gasteiger partial charge in [-0.2, -0.15) is 0 Å². The first-order chi connectivity index (χ1) is 15.8. The quantitative estimate of drug-likeness (QED) is 0.522. The number of rotatable bonds is 5. The van der Waals surface area contributed by atoms with Crippen LogP contribution in [0.5, 0.6) is 0 Å². The Kier molecular flexibility index (Phi) is 6.28. The van der Waals surface area contributed by atoms with Crippen LogP contribution in [0.4, 0.5) is 5.69 Å². The van der Waals surface area contributed by atoms with Gasteiger partial charge in [-0.1, -0.05) is 35.9 Å². The SMILES string of the molecule is CCN(CC)C(=O)c1ccc2c(c1)N(Cc1cccc(Cl)c1)C(=O)c1ccccc1S2(=O)=O. The molecule has 0 N–H and O–H groups in total. The van der Waals surface area contributed by atoms with Gasteiger partial charge in [-0.25, -0.2) is 8.42 Å². The first kappa shape index (κ1) is 23.0. The molecule has 0 radical (unpaired) electrons. The lowest BCUT2D eigenvalue weighted by Gasteiger charge is -2.25. The van der Waals surface area contributed by atoms with Crippen LogP contribution in [0.3, 0.4) is 0 Å². The molecule has 33 heavy (non-hydrogen) atoms. The van der Waals surface area contributed by atoms with Gasteiger partial charge in [0, 0.05) is 23.7 Å². The van der Waals surface area contributed by atoms with E-state index in [1.165, 1.54) is 35.2 Å². The summed E-state index contributed by atoms with van der Waals surface area (Å²) in [6.45, 7) is 4.88. The highest BCUT2D eigenvalue weighted by Crippen LogP contribution is 2.38. The van der Waals surface area contributed by atoms with E-state index >= 15 is 0 Å². The zero-order chi connectivity index (χ0) is 23.8. The standard InChI is InChI=1S/C25H23ClN2O4S/c1-3-27(4-2)24(29)18-12-13-23-21(15-18)28(16-17-8-7-9-19(26)14-17)25(30)20-10-5-6-11-22(20)33(23,31)32/h5-15H,3-4,16H2,1-2H3. The van der Waals surface area contributed by atoms with E-state index in [9.17, 15) is 18.0 Å². The molecule has 3 aromatic rings. The number of halogens is 1. The Hall–Kier alpha value is -3.16. The van der Waals surface area contributed by atoms with Crippen LogP contribution in [0, 0.1) is 0 Å². The number of carbonyl (C=O) groups is 2. The van der Waals surface area contributed by atoms with E-state index in [0.717, 1.165) is 5.56 Å². The molecule has 0 aromatic heterocycles. The lowest BCUT2D eigenvalue weighted by atomic mass is 10.1. The third-order valence-corrected chi connectivity index (χ3v) is 7.81. The number of carbonyl (C=O) groups excluding carboxylic acids is 2. The van der Waals surface area contributed by atoms with Gasteiger partial charge in [-0.3, -0.25) is 9.59 Å². The van der Waals surface area contributed by atoms with Crippen molar-refractivity contribution in [3.63, 3.8) is 0 Å². The first-order valence-corrected chi connectivity index (χ1v) is 12.5. The third kappa shape index (κ3) is 4.14. The van der Waals surface area contributed by atoms with Gasteiger partial charge in [-0.05, 0) is 61.9 Å². The summed E-state index contributed by atoms with van der Waals surface area (Å²) in [6.07, 6.45) is 0. The molecule has 4 rings (SSSR count). The van der Waals surface area contributed by atoms with Gasteiger partial charge in [0.1, 0.15) is 0 Å². The predicted octanol–water partition coefficient (Wildman–Crippen LogP) is 4.82. The molecule has 1 aliphatic rings. The molecule has 0 unspecified atom stereocenters. The summed E-state index contributed by atoms with van der Waals surface area (Å²) in [5, 5.41) is 0.508. The van der Waals surface area contributed by atoms with Crippen LogP contribution in [0.25, 0.3) is 0 Å². The summed E-state index contributed by atoms with van der Waals surface area (Å²) in [7, 11) is -3.99. The Morgan fingerprint density at radius 2 is 1.67 bits per heavy atom. The highest BCUT2D eigenvalue weighted by atomic mass is 35.5. The molecule has 0 fully saturated rings. The Morgan fingerprint density at radius 1 is 0.939 bits per heavy atom. The number of hydrogen-bond donors (Lipinski definition) is 0. The molecule has 0 aliphatic carbocycles. The van der Waals surface area contributed by atoms with Crippen molar-refractivity contribution in [2.24, 2.45) is 0 Å². The predicted molar refractivity (Wildman–Crippen MR) is 128 cm³/mol. The van der Waals surface area contributed by atoms with E-state index in [-0.39, 0.29) is 33.5 Å². The maximum absolute atomic E-state index is 13.6. The Bertz CT molecular complexity index is 1350. The number of amides is 2. The van der Waals surface area contributed by atoms with Gasteiger partial charge in [-0.15, -0.1) is 0 Å². The van der Waals surface area contributed by atoms with Crippen LogP contribution in [-0.4, -0.2) is 38.2 Å². The Labute approximate surface area is 198 Å². The molecular formula is C25H23ClN2O4S.